The van der Waals surface area contributed by atoms with Gasteiger partial charge in [0.1, 0.15) is 0 Å². The standard InChI is InChI=1S/C22H35N3O.HI/c1-4-26-15-13-22(11-12-22)17-24-21(23-3)25-14-10-20(18(2)16-25)19-8-6-5-7-9-19;/h5-9,18,20H,4,10-17H2,1-3H3,(H,23,24);1H. The highest BCUT2D eigenvalue weighted by Gasteiger charge is 2.42. The summed E-state index contributed by atoms with van der Waals surface area (Å²) in [5.74, 6) is 2.37. The molecular weight excluding hydrogens is 449 g/mol. The van der Waals surface area contributed by atoms with Crippen molar-refractivity contribution in [3.05, 3.63) is 35.9 Å². The van der Waals surface area contributed by atoms with E-state index in [9.17, 15) is 0 Å². The fraction of sp³-hybridized carbons (Fsp3) is 0.682. The van der Waals surface area contributed by atoms with Crippen LogP contribution in [0.2, 0.25) is 0 Å². The van der Waals surface area contributed by atoms with Crippen molar-refractivity contribution in [2.45, 2.75) is 45.4 Å². The second kappa shape index (κ2) is 10.6. The average Bonchev–Trinajstić information content (AvgIpc) is 3.43. The molecule has 0 bridgehead atoms. The molecule has 1 saturated heterocycles. The summed E-state index contributed by atoms with van der Waals surface area (Å²) in [6.45, 7) is 9.33. The van der Waals surface area contributed by atoms with Crippen LogP contribution in [0.1, 0.15) is 51.0 Å². The van der Waals surface area contributed by atoms with Crippen LogP contribution in [0.4, 0.5) is 0 Å². The van der Waals surface area contributed by atoms with Gasteiger partial charge in [0.2, 0.25) is 0 Å². The molecule has 4 nitrogen and oxygen atoms in total. The van der Waals surface area contributed by atoms with E-state index in [0.717, 1.165) is 45.2 Å². The van der Waals surface area contributed by atoms with Crippen molar-refractivity contribution in [1.82, 2.24) is 10.2 Å². The van der Waals surface area contributed by atoms with E-state index in [-0.39, 0.29) is 24.0 Å². The molecule has 1 N–H and O–H groups in total. The number of nitrogens with zero attached hydrogens (tertiary/aromatic N) is 2. The zero-order chi connectivity index (χ0) is 18.4. The number of likely N-dealkylation sites (tertiary alicyclic amines) is 1. The van der Waals surface area contributed by atoms with E-state index < -0.39 is 0 Å². The summed E-state index contributed by atoms with van der Waals surface area (Å²) in [5, 5.41) is 3.66. The zero-order valence-corrected chi connectivity index (χ0v) is 19.4. The Morgan fingerprint density at radius 3 is 2.63 bits per heavy atom. The molecule has 5 heteroatoms. The number of hydrogen-bond acceptors (Lipinski definition) is 2. The predicted molar refractivity (Wildman–Crippen MR) is 124 cm³/mol. The van der Waals surface area contributed by atoms with Crippen molar-refractivity contribution < 1.29 is 4.74 Å². The van der Waals surface area contributed by atoms with Crippen LogP contribution in [0.3, 0.4) is 0 Å². The lowest BCUT2D eigenvalue weighted by molar-refractivity contribution is 0.128. The van der Waals surface area contributed by atoms with Gasteiger partial charge in [-0.2, -0.15) is 0 Å². The predicted octanol–water partition coefficient (Wildman–Crippen LogP) is 4.51. The molecule has 0 aromatic heterocycles. The number of halogens is 1. The first-order chi connectivity index (χ1) is 12.7. The van der Waals surface area contributed by atoms with Crippen molar-refractivity contribution >= 4 is 29.9 Å². The minimum atomic E-state index is 0. The summed E-state index contributed by atoms with van der Waals surface area (Å²) in [5.41, 5.74) is 1.93. The molecule has 2 unspecified atom stereocenters. The third kappa shape index (κ3) is 6.08. The highest BCUT2D eigenvalue weighted by molar-refractivity contribution is 14.0. The van der Waals surface area contributed by atoms with E-state index in [0.29, 0.717) is 17.3 Å². The summed E-state index contributed by atoms with van der Waals surface area (Å²) in [7, 11) is 1.91. The van der Waals surface area contributed by atoms with Gasteiger partial charge < -0.3 is 15.0 Å². The molecular formula is C22H36IN3O. The number of nitrogens with one attached hydrogen (secondary N) is 1. The van der Waals surface area contributed by atoms with E-state index in [4.69, 9.17) is 4.74 Å². The second-order valence-electron chi connectivity index (χ2n) is 8.08. The van der Waals surface area contributed by atoms with Crippen LogP contribution < -0.4 is 5.32 Å². The van der Waals surface area contributed by atoms with Crippen molar-refractivity contribution in [3.63, 3.8) is 0 Å². The maximum atomic E-state index is 5.56. The Morgan fingerprint density at radius 1 is 1.30 bits per heavy atom. The molecule has 1 aliphatic heterocycles. The Kier molecular flexibility index (Phi) is 8.86. The monoisotopic (exact) mass is 485 g/mol. The quantitative estimate of drug-likeness (QED) is 0.267. The maximum absolute atomic E-state index is 5.56. The maximum Gasteiger partial charge on any atom is 0.193 e. The molecule has 0 spiro atoms. The first-order valence-electron chi connectivity index (χ1n) is 10.3. The molecule has 1 aromatic rings. The Balaban J connectivity index is 0.00000261. The van der Waals surface area contributed by atoms with Crippen molar-refractivity contribution in [3.8, 4) is 0 Å². The zero-order valence-electron chi connectivity index (χ0n) is 17.1. The summed E-state index contributed by atoms with van der Waals surface area (Å²) in [4.78, 5) is 7.02. The van der Waals surface area contributed by atoms with E-state index in [2.05, 4.69) is 59.4 Å². The molecule has 1 saturated carbocycles. The normalized spacial score (nSPS) is 24.3. The van der Waals surface area contributed by atoms with E-state index in [1.165, 1.54) is 24.8 Å². The highest BCUT2D eigenvalue weighted by atomic mass is 127. The van der Waals surface area contributed by atoms with Gasteiger partial charge >= 0.3 is 0 Å². The van der Waals surface area contributed by atoms with Gasteiger partial charge in [0.05, 0.1) is 0 Å². The summed E-state index contributed by atoms with van der Waals surface area (Å²) in [6.07, 6.45) is 4.99. The number of aliphatic imine (C=N–C) groups is 1. The molecule has 27 heavy (non-hydrogen) atoms. The van der Waals surface area contributed by atoms with Crippen LogP contribution in [0, 0.1) is 11.3 Å². The molecule has 1 heterocycles. The fourth-order valence-corrected chi connectivity index (χ4v) is 4.26. The van der Waals surface area contributed by atoms with Gasteiger partial charge in [0.15, 0.2) is 5.96 Å². The summed E-state index contributed by atoms with van der Waals surface area (Å²) >= 11 is 0. The smallest absolute Gasteiger partial charge is 0.193 e. The van der Waals surface area contributed by atoms with Gasteiger partial charge in [-0.25, -0.2) is 0 Å². The topological polar surface area (TPSA) is 36.9 Å². The SMILES string of the molecule is CCOCCC1(CNC(=NC)N2CCC(c3ccccc3)C(C)C2)CC1.I. The molecule has 2 atom stereocenters. The lowest BCUT2D eigenvalue weighted by Gasteiger charge is -2.39. The summed E-state index contributed by atoms with van der Waals surface area (Å²) < 4.78 is 5.56. The Bertz CT molecular complexity index is 588. The molecule has 152 valence electrons. The van der Waals surface area contributed by atoms with Crippen LogP contribution in [0.25, 0.3) is 0 Å². The van der Waals surface area contributed by atoms with Crippen molar-refractivity contribution in [2.75, 3.05) is 39.9 Å². The average molecular weight is 485 g/mol. The Labute approximate surface area is 182 Å². The van der Waals surface area contributed by atoms with E-state index >= 15 is 0 Å². The first-order valence-corrected chi connectivity index (χ1v) is 10.3. The van der Waals surface area contributed by atoms with Gasteiger partial charge in [-0.15, -0.1) is 24.0 Å². The van der Waals surface area contributed by atoms with Crippen LogP contribution in [-0.2, 0) is 4.74 Å². The van der Waals surface area contributed by atoms with Gasteiger partial charge in [-0.1, -0.05) is 37.3 Å². The lowest BCUT2D eigenvalue weighted by Crippen LogP contribution is -2.49. The van der Waals surface area contributed by atoms with Crippen LogP contribution in [0.5, 0.6) is 0 Å². The molecule has 1 aliphatic carbocycles. The molecule has 2 fully saturated rings. The first kappa shape index (κ1) is 22.5. The number of hydrogen-bond donors (Lipinski definition) is 1. The highest BCUT2D eigenvalue weighted by Crippen LogP contribution is 2.48. The van der Waals surface area contributed by atoms with Crippen LogP contribution in [-0.4, -0.2) is 50.8 Å². The molecule has 3 rings (SSSR count). The third-order valence-electron chi connectivity index (χ3n) is 6.20. The number of piperidine rings is 1. The molecule has 0 radical (unpaired) electrons. The van der Waals surface area contributed by atoms with Crippen LogP contribution >= 0.6 is 24.0 Å². The summed E-state index contributed by atoms with van der Waals surface area (Å²) in [6, 6.07) is 11.0. The van der Waals surface area contributed by atoms with E-state index in [1.54, 1.807) is 0 Å². The van der Waals surface area contributed by atoms with Crippen molar-refractivity contribution in [2.24, 2.45) is 16.3 Å². The lowest BCUT2D eigenvalue weighted by atomic mass is 9.82. The van der Waals surface area contributed by atoms with Gasteiger partial charge in [0, 0.05) is 39.9 Å². The van der Waals surface area contributed by atoms with Gasteiger partial charge in [0.25, 0.3) is 0 Å². The molecule has 1 aromatic carbocycles. The molecule has 0 amide bonds. The minimum absolute atomic E-state index is 0. The largest absolute Gasteiger partial charge is 0.382 e. The Hall–Kier alpha value is -0.820. The number of ether oxygens (including phenoxy) is 1. The minimum Gasteiger partial charge on any atom is -0.382 e. The number of benzene rings is 1. The Morgan fingerprint density at radius 2 is 2.04 bits per heavy atom. The second-order valence-corrected chi connectivity index (χ2v) is 8.08. The number of guanidine groups is 1. The fourth-order valence-electron chi connectivity index (χ4n) is 4.26. The molecule has 2 aliphatic rings. The van der Waals surface area contributed by atoms with Gasteiger partial charge in [-0.05, 0) is 55.4 Å². The van der Waals surface area contributed by atoms with Crippen LogP contribution in [0.15, 0.2) is 35.3 Å². The van der Waals surface area contributed by atoms with Crippen molar-refractivity contribution in [1.29, 1.82) is 0 Å². The van der Waals surface area contributed by atoms with Gasteiger partial charge in [-0.3, -0.25) is 4.99 Å². The third-order valence-corrected chi connectivity index (χ3v) is 6.20. The number of rotatable bonds is 7. The van der Waals surface area contributed by atoms with E-state index in [1.807, 2.05) is 7.05 Å².